The van der Waals surface area contributed by atoms with Gasteiger partial charge < -0.3 is 14.7 Å². The van der Waals surface area contributed by atoms with Crippen LogP contribution in [0.1, 0.15) is 76.2 Å². The summed E-state index contributed by atoms with van der Waals surface area (Å²) < 4.78 is 5.38. The minimum absolute atomic E-state index is 0.0448. The maximum Gasteiger partial charge on any atom is 0.176 e. The molecular formula is C34H42N2O4. The molecule has 6 atom stereocenters. The van der Waals surface area contributed by atoms with E-state index in [4.69, 9.17) is 4.74 Å². The second-order valence-electron chi connectivity index (χ2n) is 12.8. The molecule has 0 radical (unpaired) electrons. The molecule has 0 amide bonds. The summed E-state index contributed by atoms with van der Waals surface area (Å²) in [5, 5.41) is 13.1. The number of methoxy groups -OCH3 is 1. The minimum Gasteiger partial charge on any atom is -0.384 e. The van der Waals surface area contributed by atoms with Gasteiger partial charge in [-0.1, -0.05) is 47.7 Å². The fraction of sp³-hybridized carbons (Fsp3) is 0.618. The summed E-state index contributed by atoms with van der Waals surface area (Å²) in [5.74, 6) is 7.21. The summed E-state index contributed by atoms with van der Waals surface area (Å²) in [5.41, 5.74) is 5.76. The van der Waals surface area contributed by atoms with Gasteiger partial charge in [0.2, 0.25) is 0 Å². The predicted molar refractivity (Wildman–Crippen MR) is 157 cm³/mol. The molecule has 3 fully saturated rings. The van der Waals surface area contributed by atoms with E-state index in [-0.39, 0.29) is 36.4 Å². The number of hydrogen-bond acceptors (Lipinski definition) is 6. The zero-order valence-corrected chi connectivity index (χ0v) is 24.0. The quantitative estimate of drug-likeness (QED) is 0.355. The number of hydrogen-bond donors (Lipinski definition) is 1. The molecule has 0 bridgehead atoms. The van der Waals surface area contributed by atoms with Crippen molar-refractivity contribution in [2.24, 2.45) is 27.8 Å². The van der Waals surface area contributed by atoms with Gasteiger partial charge in [-0.05, 0) is 104 Å². The standard InChI is InChI=1S/C34H42N2O4/c1-33-21-29(23-6-10-26(11-7-23)36-17-3-4-18-36)32-27-13-9-25(35-39)20-24(27)8-12-28(32)30(33)14-16-34(33,15-5-19-37)31(38)22-40-2/h6-7,10-11,20,25,28-30,37H,3-4,8-9,12-14,16-19,21-22H2,1-2H3/t25?,28-,29?,30-,33-,34+/m0/s1. The molecule has 2 saturated carbocycles. The molecule has 6 heteroatoms. The zero-order chi connectivity index (χ0) is 27.9. The fourth-order valence-corrected chi connectivity index (χ4v) is 9.26. The highest BCUT2D eigenvalue weighted by Crippen LogP contribution is 2.69. The van der Waals surface area contributed by atoms with Crippen LogP contribution in [0.2, 0.25) is 0 Å². The molecule has 212 valence electrons. The van der Waals surface area contributed by atoms with Gasteiger partial charge in [-0.3, -0.25) is 4.79 Å². The number of allylic oxidation sites excluding steroid dienone is 3. The molecule has 1 aromatic rings. The van der Waals surface area contributed by atoms with Crippen LogP contribution in [0, 0.1) is 39.4 Å². The number of aliphatic hydroxyl groups is 1. The van der Waals surface area contributed by atoms with Crippen LogP contribution in [0.25, 0.3) is 0 Å². The first-order chi connectivity index (χ1) is 19.5. The van der Waals surface area contributed by atoms with Gasteiger partial charge in [0.15, 0.2) is 5.78 Å². The molecule has 1 aromatic carbocycles. The molecule has 5 aliphatic rings. The second-order valence-corrected chi connectivity index (χ2v) is 12.8. The number of nitrogens with zero attached hydrogens (tertiary/aromatic N) is 2. The Kier molecular flexibility index (Phi) is 7.48. The average Bonchev–Trinajstić information content (AvgIpc) is 3.62. The highest BCUT2D eigenvalue weighted by molar-refractivity contribution is 5.90. The van der Waals surface area contributed by atoms with Crippen molar-refractivity contribution in [3.05, 3.63) is 57.5 Å². The lowest BCUT2D eigenvalue weighted by Gasteiger charge is -2.54. The van der Waals surface area contributed by atoms with Crippen LogP contribution in [-0.2, 0) is 9.53 Å². The third-order valence-electron chi connectivity index (χ3n) is 11.1. The van der Waals surface area contributed by atoms with E-state index in [9.17, 15) is 14.8 Å². The first kappa shape index (κ1) is 27.4. The highest BCUT2D eigenvalue weighted by atomic mass is 16.5. The van der Waals surface area contributed by atoms with Crippen LogP contribution in [-0.4, -0.2) is 50.3 Å². The summed E-state index contributed by atoms with van der Waals surface area (Å²) in [7, 11) is 1.58. The Labute approximate surface area is 238 Å². The van der Waals surface area contributed by atoms with Crippen molar-refractivity contribution in [2.45, 2.75) is 76.7 Å². The number of carbonyl (C=O) groups excluding carboxylic acids is 1. The van der Waals surface area contributed by atoms with Gasteiger partial charge in [-0.25, -0.2) is 0 Å². The number of Topliss-reactive ketones (excluding diaryl/α,β-unsaturated/α-hetero) is 1. The number of aliphatic hydroxyl groups excluding tert-OH is 1. The molecular weight excluding hydrogens is 500 g/mol. The van der Waals surface area contributed by atoms with E-state index in [2.05, 4.69) is 59.2 Å². The normalized spacial score (nSPS) is 34.8. The monoisotopic (exact) mass is 542 g/mol. The Morgan fingerprint density at radius 3 is 2.62 bits per heavy atom. The first-order valence-electron chi connectivity index (χ1n) is 15.2. The number of carbonyl (C=O) groups is 1. The van der Waals surface area contributed by atoms with E-state index in [0.29, 0.717) is 18.3 Å². The number of ketones is 1. The molecule has 1 saturated heterocycles. The highest BCUT2D eigenvalue weighted by Gasteiger charge is 2.65. The molecule has 6 nitrogen and oxygen atoms in total. The van der Waals surface area contributed by atoms with Crippen molar-refractivity contribution < 1.29 is 14.6 Å². The Morgan fingerprint density at radius 2 is 1.93 bits per heavy atom. The van der Waals surface area contributed by atoms with Gasteiger partial charge in [-0.2, -0.15) is 4.91 Å². The van der Waals surface area contributed by atoms with Crippen molar-refractivity contribution in [1.82, 2.24) is 0 Å². The SMILES string of the molecule is COCC(=O)[C@@]1(C#CCO)CC[C@H]2[C@@H]3CCC4=CC(N=O)CCC4=C3C(c3ccc(N4CCCC4)cc3)C[C@@]21C. The van der Waals surface area contributed by atoms with Crippen LogP contribution in [0.3, 0.4) is 0 Å². The maximum absolute atomic E-state index is 13.8. The molecule has 1 aliphatic heterocycles. The van der Waals surface area contributed by atoms with Crippen molar-refractivity contribution in [1.29, 1.82) is 0 Å². The summed E-state index contributed by atoms with van der Waals surface area (Å²) in [6, 6.07) is 8.98. The van der Waals surface area contributed by atoms with E-state index < -0.39 is 5.41 Å². The molecule has 6 rings (SSSR count). The summed E-state index contributed by atoms with van der Waals surface area (Å²) in [6.07, 6.45) is 10.8. The van der Waals surface area contributed by atoms with E-state index in [0.717, 1.165) is 51.6 Å². The van der Waals surface area contributed by atoms with E-state index in [1.807, 2.05) is 0 Å². The van der Waals surface area contributed by atoms with E-state index in [1.165, 1.54) is 35.2 Å². The van der Waals surface area contributed by atoms with Gasteiger partial charge in [0.05, 0.1) is 5.41 Å². The molecule has 1 heterocycles. The summed E-state index contributed by atoms with van der Waals surface area (Å²) >= 11 is 0. The van der Waals surface area contributed by atoms with Gasteiger partial charge in [0.25, 0.3) is 0 Å². The Morgan fingerprint density at radius 1 is 1.15 bits per heavy atom. The van der Waals surface area contributed by atoms with Gasteiger partial charge in [0, 0.05) is 31.8 Å². The minimum atomic E-state index is -0.824. The third-order valence-corrected chi connectivity index (χ3v) is 11.1. The zero-order valence-electron chi connectivity index (χ0n) is 24.0. The molecule has 2 unspecified atom stereocenters. The number of anilines is 1. The third kappa shape index (κ3) is 4.28. The number of fused-ring (bicyclic) bond motifs is 4. The molecule has 40 heavy (non-hydrogen) atoms. The lowest BCUT2D eigenvalue weighted by Crippen LogP contribution is -2.51. The van der Waals surface area contributed by atoms with Gasteiger partial charge in [0.1, 0.15) is 19.3 Å². The molecule has 0 spiro atoms. The predicted octanol–water partition coefficient (Wildman–Crippen LogP) is 5.95. The lowest BCUT2D eigenvalue weighted by molar-refractivity contribution is -0.136. The number of rotatable bonds is 6. The molecule has 0 aromatic heterocycles. The smallest absolute Gasteiger partial charge is 0.176 e. The summed E-state index contributed by atoms with van der Waals surface area (Å²) in [4.78, 5) is 27.7. The van der Waals surface area contributed by atoms with Crippen molar-refractivity contribution in [3.8, 4) is 11.8 Å². The van der Waals surface area contributed by atoms with Crippen molar-refractivity contribution >= 4 is 11.5 Å². The molecule has 1 N–H and O–H groups in total. The van der Waals surface area contributed by atoms with Crippen LogP contribution in [0.15, 0.2) is 52.2 Å². The number of nitroso groups, excluding NO2 is 1. The largest absolute Gasteiger partial charge is 0.384 e. The van der Waals surface area contributed by atoms with Gasteiger partial charge in [-0.15, -0.1) is 0 Å². The lowest BCUT2D eigenvalue weighted by atomic mass is 9.48. The van der Waals surface area contributed by atoms with E-state index >= 15 is 0 Å². The number of ether oxygens (including phenoxy) is 1. The van der Waals surface area contributed by atoms with Crippen molar-refractivity contribution in [3.63, 3.8) is 0 Å². The molecule has 4 aliphatic carbocycles. The Bertz CT molecular complexity index is 1280. The van der Waals surface area contributed by atoms with Crippen LogP contribution >= 0.6 is 0 Å². The Hall–Kier alpha value is -2.75. The number of benzene rings is 1. The van der Waals surface area contributed by atoms with Crippen LogP contribution in [0.4, 0.5) is 5.69 Å². The Balaban J connectivity index is 1.48. The topological polar surface area (TPSA) is 79.2 Å². The fourth-order valence-electron chi connectivity index (χ4n) is 9.26. The maximum atomic E-state index is 13.8. The second kappa shape index (κ2) is 10.9. The van der Waals surface area contributed by atoms with Gasteiger partial charge >= 0.3 is 0 Å². The average molecular weight is 543 g/mol. The van der Waals surface area contributed by atoms with E-state index in [1.54, 1.807) is 12.7 Å². The van der Waals surface area contributed by atoms with Crippen molar-refractivity contribution in [2.75, 3.05) is 38.3 Å². The summed E-state index contributed by atoms with van der Waals surface area (Å²) in [6.45, 7) is 4.34. The first-order valence-corrected chi connectivity index (χ1v) is 15.2. The van der Waals surface area contributed by atoms with Crippen LogP contribution in [0.5, 0.6) is 0 Å². The van der Waals surface area contributed by atoms with Crippen LogP contribution < -0.4 is 4.90 Å².